The van der Waals surface area contributed by atoms with Gasteiger partial charge in [-0.1, -0.05) is 6.07 Å². The third kappa shape index (κ3) is 2.22. The lowest BCUT2D eigenvalue weighted by Gasteiger charge is -2.45. The number of nitrogens with one attached hydrogen (secondary N) is 1. The average Bonchev–Trinajstić information content (AvgIpc) is 2.36. The Hall–Kier alpha value is -2.17. The number of piperidine rings is 1. The minimum absolute atomic E-state index is 0.0567. The van der Waals surface area contributed by atoms with Gasteiger partial charge in [0.25, 0.3) is 5.91 Å². The second kappa shape index (κ2) is 4.69. The van der Waals surface area contributed by atoms with E-state index in [0.717, 1.165) is 11.3 Å². The van der Waals surface area contributed by atoms with Crippen LogP contribution in [0.2, 0.25) is 0 Å². The zero-order valence-electron chi connectivity index (χ0n) is 12.4. The molecule has 0 unspecified atom stereocenters. The fourth-order valence-electron chi connectivity index (χ4n) is 3.15. The number of amides is 1. The molecular weight excluding hydrogens is 270 g/mol. The van der Waals surface area contributed by atoms with Crippen molar-refractivity contribution in [2.75, 3.05) is 6.61 Å². The fourth-order valence-corrected chi connectivity index (χ4v) is 3.15. The van der Waals surface area contributed by atoms with Crippen molar-refractivity contribution in [2.45, 2.75) is 38.8 Å². The Kier molecular flexibility index (Phi) is 3.08. The van der Waals surface area contributed by atoms with Gasteiger partial charge < -0.3 is 19.9 Å². The first-order valence-electron chi connectivity index (χ1n) is 7.11. The Morgan fingerprint density at radius 3 is 3.00 bits per heavy atom. The minimum atomic E-state index is -0.751. The number of aliphatic hydroxyl groups excluding tert-OH is 1. The first-order chi connectivity index (χ1) is 9.93. The number of allylic oxidation sites excluding steroid dienone is 1. The summed E-state index contributed by atoms with van der Waals surface area (Å²) in [5, 5.41) is 12.7. The van der Waals surface area contributed by atoms with Gasteiger partial charge in [-0.25, -0.2) is 0 Å². The number of carbonyl (C=O) groups is 1. The van der Waals surface area contributed by atoms with Gasteiger partial charge in [0.1, 0.15) is 11.5 Å². The van der Waals surface area contributed by atoms with Crippen molar-refractivity contribution in [3.63, 3.8) is 0 Å². The predicted octanol–water partition coefficient (Wildman–Crippen LogP) is 2.63. The van der Waals surface area contributed by atoms with E-state index in [1.165, 1.54) is 0 Å². The third-order valence-electron chi connectivity index (χ3n) is 3.96. The molecule has 1 aromatic rings. The largest absolute Gasteiger partial charge is 0.512 e. The van der Waals surface area contributed by atoms with Crippen LogP contribution in [-0.4, -0.2) is 23.3 Å². The van der Waals surface area contributed by atoms with Crippen LogP contribution in [0, 0.1) is 0 Å². The fraction of sp³-hybridized carbons (Fsp3) is 0.438. The highest BCUT2D eigenvalue weighted by Crippen LogP contribution is 2.47. The SMILES string of the molecule is CCOc1ccc2c(c1)O[C@@]1(C)C[C@H]2/C(=C(\C)O)C(=O)N1. The molecule has 0 saturated carbocycles. The van der Waals surface area contributed by atoms with E-state index in [9.17, 15) is 9.90 Å². The molecule has 0 spiro atoms. The zero-order valence-corrected chi connectivity index (χ0v) is 12.4. The maximum atomic E-state index is 12.2. The lowest BCUT2D eigenvalue weighted by Crippen LogP contribution is -2.58. The summed E-state index contributed by atoms with van der Waals surface area (Å²) in [6.45, 7) is 5.89. The molecule has 0 aliphatic carbocycles. The predicted molar refractivity (Wildman–Crippen MR) is 77.5 cm³/mol. The first kappa shape index (κ1) is 13.8. The van der Waals surface area contributed by atoms with Crippen LogP contribution in [0.5, 0.6) is 11.5 Å². The summed E-state index contributed by atoms with van der Waals surface area (Å²) in [6, 6.07) is 5.61. The van der Waals surface area contributed by atoms with Crippen molar-refractivity contribution in [1.82, 2.24) is 5.32 Å². The van der Waals surface area contributed by atoms with Gasteiger partial charge in [0.05, 0.1) is 17.9 Å². The van der Waals surface area contributed by atoms with E-state index in [2.05, 4.69) is 5.32 Å². The molecule has 2 aliphatic rings. The van der Waals surface area contributed by atoms with Gasteiger partial charge in [-0.05, 0) is 26.8 Å². The van der Waals surface area contributed by atoms with Crippen molar-refractivity contribution >= 4 is 5.91 Å². The molecule has 5 nitrogen and oxygen atoms in total. The van der Waals surface area contributed by atoms with Gasteiger partial charge in [-0.3, -0.25) is 4.79 Å². The van der Waals surface area contributed by atoms with E-state index in [1.54, 1.807) is 6.92 Å². The van der Waals surface area contributed by atoms with Crippen molar-refractivity contribution in [2.24, 2.45) is 0 Å². The number of ether oxygens (including phenoxy) is 2. The molecule has 2 bridgehead atoms. The van der Waals surface area contributed by atoms with Gasteiger partial charge in [0, 0.05) is 24.0 Å². The first-order valence-corrected chi connectivity index (χ1v) is 7.11. The molecule has 5 heteroatoms. The van der Waals surface area contributed by atoms with E-state index in [0.29, 0.717) is 24.4 Å². The molecule has 0 radical (unpaired) electrons. The van der Waals surface area contributed by atoms with E-state index in [-0.39, 0.29) is 17.6 Å². The Morgan fingerprint density at radius 1 is 1.57 bits per heavy atom. The minimum Gasteiger partial charge on any atom is -0.512 e. The lowest BCUT2D eigenvalue weighted by atomic mass is 9.78. The number of aliphatic hydroxyl groups is 1. The van der Waals surface area contributed by atoms with Crippen molar-refractivity contribution in [3.8, 4) is 11.5 Å². The van der Waals surface area contributed by atoms with Crippen molar-refractivity contribution in [1.29, 1.82) is 0 Å². The van der Waals surface area contributed by atoms with Crippen LogP contribution in [0.3, 0.4) is 0 Å². The number of carbonyl (C=O) groups excluding carboxylic acids is 1. The van der Waals surface area contributed by atoms with Crippen LogP contribution in [0.4, 0.5) is 0 Å². The maximum absolute atomic E-state index is 12.2. The van der Waals surface area contributed by atoms with Gasteiger partial charge in [-0.15, -0.1) is 0 Å². The van der Waals surface area contributed by atoms with E-state index >= 15 is 0 Å². The summed E-state index contributed by atoms with van der Waals surface area (Å²) in [5.74, 6) is 1.05. The quantitative estimate of drug-likeness (QED) is 0.649. The Bertz CT molecular complexity index is 633. The van der Waals surface area contributed by atoms with Crippen LogP contribution < -0.4 is 14.8 Å². The van der Waals surface area contributed by atoms with E-state index in [1.807, 2.05) is 32.0 Å². The zero-order chi connectivity index (χ0) is 15.2. The summed E-state index contributed by atoms with van der Waals surface area (Å²) in [6.07, 6.45) is 0.604. The Balaban J connectivity index is 2.11. The van der Waals surface area contributed by atoms with Crippen LogP contribution in [-0.2, 0) is 4.79 Å². The molecule has 2 atom stereocenters. The normalized spacial score (nSPS) is 29.1. The summed E-state index contributed by atoms with van der Waals surface area (Å²) in [7, 11) is 0. The molecule has 1 fully saturated rings. The van der Waals surface area contributed by atoms with E-state index < -0.39 is 5.72 Å². The molecule has 1 aromatic carbocycles. The van der Waals surface area contributed by atoms with E-state index in [4.69, 9.17) is 9.47 Å². The van der Waals surface area contributed by atoms with Crippen LogP contribution in [0.25, 0.3) is 0 Å². The van der Waals surface area contributed by atoms with Gasteiger partial charge in [0.2, 0.25) is 0 Å². The standard InChI is InChI=1S/C16H19NO4/c1-4-20-10-5-6-11-12-8-16(3,21-13(11)7-10)17-15(19)14(12)9(2)18/h5-7,12,18H,4,8H2,1-3H3,(H,17,19)/b14-9-/t12-,16+/m1/s1. The highest BCUT2D eigenvalue weighted by atomic mass is 16.5. The number of hydrogen-bond acceptors (Lipinski definition) is 4. The number of rotatable bonds is 2. The number of benzene rings is 1. The van der Waals surface area contributed by atoms with Gasteiger partial charge in [-0.2, -0.15) is 0 Å². The molecule has 1 amide bonds. The Labute approximate surface area is 123 Å². The van der Waals surface area contributed by atoms with Crippen LogP contribution >= 0.6 is 0 Å². The van der Waals surface area contributed by atoms with Crippen molar-refractivity contribution in [3.05, 3.63) is 35.1 Å². The summed E-state index contributed by atoms with van der Waals surface area (Å²) >= 11 is 0. The molecule has 21 heavy (non-hydrogen) atoms. The molecular formula is C16H19NO4. The monoisotopic (exact) mass is 289 g/mol. The molecule has 0 aromatic heterocycles. The molecule has 2 heterocycles. The summed E-state index contributed by atoms with van der Waals surface area (Å²) in [5.41, 5.74) is 0.578. The molecule has 3 rings (SSSR count). The van der Waals surface area contributed by atoms with Crippen LogP contribution in [0.1, 0.15) is 38.7 Å². The smallest absolute Gasteiger partial charge is 0.254 e. The van der Waals surface area contributed by atoms with Crippen molar-refractivity contribution < 1.29 is 19.4 Å². The van der Waals surface area contributed by atoms with Crippen LogP contribution in [0.15, 0.2) is 29.5 Å². The highest BCUT2D eigenvalue weighted by Gasteiger charge is 2.47. The third-order valence-corrected chi connectivity index (χ3v) is 3.96. The van der Waals surface area contributed by atoms with Gasteiger partial charge >= 0.3 is 0 Å². The summed E-state index contributed by atoms with van der Waals surface area (Å²) in [4.78, 5) is 12.2. The topological polar surface area (TPSA) is 67.8 Å². The maximum Gasteiger partial charge on any atom is 0.254 e. The second-order valence-corrected chi connectivity index (χ2v) is 5.68. The number of fused-ring (bicyclic) bond motifs is 4. The van der Waals surface area contributed by atoms with Gasteiger partial charge in [0.15, 0.2) is 5.72 Å². The molecule has 2 N–H and O–H groups in total. The Morgan fingerprint density at radius 2 is 2.33 bits per heavy atom. The number of hydrogen-bond donors (Lipinski definition) is 2. The molecule has 112 valence electrons. The average molecular weight is 289 g/mol. The lowest BCUT2D eigenvalue weighted by molar-refractivity contribution is -0.127. The molecule has 1 saturated heterocycles. The molecule has 2 aliphatic heterocycles. The highest BCUT2D eigenvalue weighted by molar-refractivity contribution is 5.97. The summed E-state index contributed by atoms with van der Waals surface area (Å²) < 4.78 is 11.5. The second-order valence-electron chi connectivity index (χ2n) is 5.68.